The van der Waals surface area contributed by atoms with Gasteiger partial charge in [-0.05, 0) is 47.7 Å². The van der Waals surface area contributed by atoms with Crippen LogP contribution >= 0.6 is 22.6 Å². The SMILES string of the molecule is CCOC(=O)Cn1c(N)nc2cc(I)ccc21. The number of ether oxygens (including phenoxy) is 1. The van der Waals surface area contributed by atoms with E-state index in [1.54, 1.807) is 11.5 Å². The third-order valence-electron chi connectivity index (χ3n) is 2.33. The van der Waals surface area contributed by atoms with Gasteiger partial charge in [0.05, 0.1) is 17.6 Å². The fourth-order valence-electron chi connectivity index (χ4n) is 1.62. The van der Waals surface area contributed by atoms with Crippen molar-refractivity contribution in [1.82, 2.24) is 9.55 Å². The summed E-state index contributed by atoms with van der Waals surface area (Å²) in [6.07, 6.45) is 0. The molecule has 0 spiro atoms. The summed E-state index contributed by atoms with van der Waals surface area (Å²) in [6.45, 7) is 2.23. The Labute approximate surface area is 112 Å². The lowest BCUT2D eigenvalue weighted by Gasteiger charge is -2.05. The standard InChI is InChI=1S/C11H12IN3O2/c1-2-17-10(16)6-15-9-4-3-7(12)5-8(9)14-11(15)13/h3-5H,2,6H2,1H3,(H2,13,14). The summed E-state index contributed by atoms with van der Waals surface area (Å²) >= 11 is 2.21. The molecule has 0 aliphatic heterocycles. The van der Waals surface area contributed by atoms with Gasteiger partial charge < -0.3 is 10.5 Å². The quantitative estimate of drug-likeness (QED) is 0.680. The van der Waals surface area contributed by atoms with Gasteiger partial charge in [0, 0.05) is 3.57 Å². The molecule has 0 aliphatic rings. The molecule has 2 aromatic rings. The van der Waals surface area contributed by atoms with E-state index in [9.17, 15) is 4.79 Å². The Balaban J connectivity index is 2.39. The smallest absolute Gasteiger partial charge is 0.326 e. The maximum absolute atomic E-state index is 11.4. The Morgan fingerprint density at radius 2 is 2.35 bits per heavy atom. The molecule has 0 saturated heterocycles. The highest BCUT2D eigenvalue weighted by atomic mass is 127. The number of esters is 1. The molecule has 1 heterocycles. The summed E-state index contributed by atoms with van der Waals surface area (Å²) in [7, 11) is 0. The van der Waals surface area contributed by atoms with Crippen LogP contribution in [0.2, 0.25) is 0 Å². The number of benzene rings is 1. The molecule has 2 rings (SSSR count). The maximum atomic E-state index is 11.4. The van der Waals surface area contributed by atoms with Crippen molar-refractivity contribution in [2.24, 2.45) is 0 Å². The number of hydrogen-bond donors (Lipinski definition) is 1. The number of fused-ring (bicyclic) bond motifs is 1. The largest absolute Gasteiger partial charge is 0.465 e. The molecule has 0 bridgehead atoms. The molecule has 17 heavy (non-hydrogen) atoms. The first-order valence-electron chi connectivity index (χ1n) is 5.18. The van der Waals surface area contributed by atoms with E-state index in [0.29, 0.717) is 12.6 Å². The molecule has 2 N–H and O–H groups in total. The number of rotatable bonds is 3. The fourth-order valence-corrected chi connectivity index (χ4v) is 2.10. The number of anilines is 1. The molecule has 90 valence electrons. The molecule has 5 nitrogen and oxygen atoms in total. The number of carbonyl (C=O) groups is 1. The third-order valence-corrected chi connectivity index (χ3v) is 3.00. The van der Waals surface area contributed by atoms with E-state index in [0.717, 1.165) is 14.6 Å². The number of halogens is 1. The van der Waals surface area contributed by atoms with Crippen molar-refractivity contribution in [3.8, 4) is 0 Å². The molecule has 0 atom stereocenters. The molecule has 1 aromatic heterocycles. The molecule has 1 aromatic carbocycles. The van der Waals surface area contributed by atoms with Crippen LogP contribution in [-0.4, -0.2) is 22.1 Å². The van der Waals surface area contributed by atoms with Crippen LogP contribution in [0.15, 0.2) is 18.2 Å². The van der Waals surface area contributed by atoms with Crippen molar-refractivity contribution in [3.63, 3.8) is 0 Å². The fraction of sp³-hybridized carbons (Fsp3) is 0.273. The van der Waals surface area contributed by atoms with Gasteiger partial charge in [-0.25, -0.2) is 4.98 Å². The molecule has 0 unspecified atom stereocenters. The molecular weight excluding hydrogens is 333 g/mol. The van der Waals surface area contributed by atoms with Crippen LogP contribution in [0.5, 0.6) is 0 Å². The number of hydrogen-bond acceptors (Lipinski definition) is 4. The summed E-state index contributed by atoms with van der Waals surface area (Å²) in [5, 5.41) is 0. The molecular formula is C11H12IN3O2. The normalized spacial score (nSPS) is 10.7. The van der Waals surface area contributed by atoms with Gasteiger partial charge in [-0.15, -0.1) is 0 Å². The molecule has 6 heteroatoms. The highest BCUT2D eigenvalue weighted by Gasteiger charge is 2.12. The summed E-state index contributed by atoms with van der Waals surface area (Å²) < 4.78 is 7.63. The van der Waals surface area contributed by atoms with Crippen molar-refractivity contribution >= 4 is 45.5 Å². The Morgan fingerprint density at radius 3 is 3.06 bits per heavy atom. The average molecular weight is 345 g/mol. The molecule has 0 aliphatic carbocycles. The zero-order valence-electron chi connectivity index (χ0n) is 9.31. The summed E-state index contributed by atoms with van der Waals surface area (Å²) in [4.78, 5) is 15.7. The number of nitrogens with zero attached hydrogens (tertiary/aromatic N) is 2. The van der Waals surface area contributed by atoms with Gasteiger partial charge in [0.25, 0.3) is 0 Å². The monoisotopic (exact) mass is 345 g/mol. The predicted octanol–water partition coefficient (Wildman–Crippen LogP) is 1.79. The number of imidazole rings is 1. The molecule has 0 radical (unpaired) electrons. The van der Waals surface area contributed by atoms with Gasteiger partial charge in [0.1, 0.15) is 6.54 Å². The van der Waals surface area contributed by atoms with E-state index < -0.39 is 0 Å². The van der Waals surface area contributed by atoms with Gasteiger partial charge in [0.15, 0.2) is 0 Å². The minimum absolute atomic E-state index is 0.0940. The number of aromatic nitrogens is 2. The number of carbonyl (C=O) groups excluding carboxylic acids is 1. The predicted molar refractivity (Wildman–Crippen MR) is 73.5 cm³/mol. The average Bonchev–Trinajstić information content (AvgIpc) is 2.55. The van der Waals surface area contributed by atoms with E-state index >= 15 is 0 Å². The number of nitrogens with two attached hydrogens (primary N) is 1. The minimum atomic E-state index is -0.308. The Morgan fingerprint density at radius 1 is 1.59 bits per heavy atom. The second-order valence-corrected chi connectivity index (χ2v) is 4.74. The first-order chi connectivity index (χ1) is 8.11. The molecule has 0 fully saturated rings. The van der Waals surface area contributed by atoms with Crippen LogP contribution in [0, 0.1) is 3.57 Å². The maximum Gasteiger partial charge on any atom is 0.326 e. The van der Waals surface area contributed by atoms with E-state index in [1.807, 2.05) is 18.2 Å². The summed E-state index contributed by atoms with van der Waals surface area (Å²) in [6, 6.07) is 5.78. The molecule has 0 amide bonds. The van der Waals surface area contributed by atoms with Crippen LogP contribution in [0.1, 0.15) is 6.92 Å². The summed E-state index contributed by atoms with van der Waals surface area (Å²) in [5.74, 6) is 0.0205. The van der Waals surface area contributed by atoms with E-state index in [1.165, 1.54) is 0 Å². The van der Waals surface area contributed by atoms with Gasteiger partial charge in [-0.1, -0.05) is 0 Å². The highest BCUT2D eigenvalue weighted by molar-refractivity contribution is 14.1. The van der Waals surface area contributed by atoms with Crippen LogP contribution in [0.3, 0.4) is 0 Å². The Hall–Kier alpha value is -1.31. The van der Waals surface area contributed by atoms with Crippen molar-refractivity contribution < 1.29 is 9.53 Å². The zero-order valence-corrected chi connectivity index (χ0v) is 11.5. The van der Waals surface area contributed by atoms with Gasteiger partial charge in [0.2, 0.25) is 5.95 Å². The number of nitrogen functional groups attached to an aromatic ring is 1. The van der Waals surface area contributed by atoms with E-state index in [4.69, 9.17) is 10.5 Å². The highest BCUT2D eigenvalue weighted by Crippen LogP contribution is 2.20. The molecule has 0 saturated carbocycles. The first-order valence-corrected chi connectivity index (χ1v) is 6.26. The van der Waals surface area contributed by atoms with Crippen LogP contribution in [0.25, 0.3) is 11.0 Å². The van der Waals surface area contributed by atoms with Crippen molar-refractivity contribution in [3.05, 3.63) is 21.8 Å². The van der Waals surface area contributed by atoms with Crippen molar-refractivity contribution in [2.45, 2.75) is 13.5 Å². The lowest BCUT2D eigenvalue weighted by atomic mass is 10.3. The van der Waals surface area contributed by atoms with Crippen molar-refractivity contribution in [2.75, 3.05) is 12.3 Å². The van der Waals surface area contributed by atoms with Gasteiger partial charge in [-0.3, -0.25) is 9.36 Å². The van der Waals surface area contributed by atoms with Gasteiger partial charge >= 0.3 is 5.97 Å². The van der Waals surface area contributed by atoms with Gasteiger partial charge in [-0.2, -0.15) is 0 Å². The second-order valence-electron chi connectivity index (χ2n) is 3.49. The van der Waals surface area contributed by atoms with Crippen LogP contribution < -0.4 is 5.73 Å². The minimum Gasteiger partial charge on any atom is -0.465 e. The lowest BCUT2D eigenvalue weighted by Crippen LogP contribution is -2.15. The lowest BCUT2D eigenvalue weighted by molar-refractivity contribution is -0.143. The van der Waals surface area contributed by atoms with E-state index in [2.05, 4.69) is 27.6 Å². The van der Waals surface area contributed by atoms with Crippen molar-refractivity contribution in [1.29, 1.82) is 0 Å². The summed E-state index contributed by atoms with van der Waals surface area (Å²) in [5.41, 5.74) is 7.42. The zero-order chi connectivity index (χ0) is 12.4. The van der Waals surface area contributed by atoms with Crippen LogP contribution in [0.4, 0.5) is 5.95 Å². The Bertz CT molecular complexity index is 565. The first kappa shape index (κ1) is 12.2. The van der Waals surface area contributed by atoms with Crippen LogP contribution in [-0.2, 0) is 16.1 Å². The van der Waals surface area contributed by atoms with E-state index in [-0.39, 0.29) is 12.5 Å². The second kappa shape index (κ2) is 4.91. The third kappa shape index (κ3) is 2.51. The topological polar surface area (TPSA) is 70.1 Å². The Kier molecular flexibility index (Phi) is 3.51.